The molecule has 25 nitrogen and oxygen atoms in total. The lowest BCUT2D eigenvalue weighted by Crippen LogP contribution is -2.53. The topological polar surface area (TPSA) is 394 Å². The van der Waals surface area contributed by atoms with Crippen molar-refractivity contribution in [2.24, 2.45) is 11.7 Å². The van der Waals surface area contributed by atoms with E-state index in [1.165, 1.54) is 4.90 Å². The average Bonchev–Trinajstić information content (AvgIpc) is 3.35. The van der Waals surface area contributed by atoms with Crippen molar-refractivity contribution in [2.75, 3.05) is 124 Å². The van der Waals surface area contributed by atoms with Crippen LogP contribution in [-0.2, 0) is 49.4 Å². The van der Waals surface area contributed by atoms with E-state index in [1.807, 2.05) is 13.8 Å². The highest BCUT2D eigenvalue weighted by Gasteiger charge is 2.34. The molecule has 0 aliphatic carbocycles. The fourth-order valence-corrected chi connectivity index (χ4v) is 6.24. The highest BCUT2D eigenvalue weighted by atomic mass is 16.6. The molecule has 1 rings (SSSR count). The van der Waals surface area contributed by atoms with Crippen molar-refractivity contribution < 1.29 is 99.0 Å². The van der Waals surface area contributed by atoms with E-state index in [0.717, 1.165) is 0 Å². The van der Waals surface area contributed by atoms with E-state index >= 15 is 0 Å². The van der Waals surface area contributed by atoms with Crippen LogP contribution in [0.1, 0.15) is 45.1 Å². The molecular weight excluding hydrogens is 931 g/mol. The number of carbonyl (C=O) groups excluding carboxylic acids is 3. The van der Waals surface area contributed by atoms with Crippen LogP contribution in [0.4, 0.5) is 5.69 Å². The molecule has 0 spiro atoms. The number of hydrogen-bond donors (Lipinski definition) is 15. The van der Waals surface area contributed by atoms with E-state index in [0.29, 0.717) is 76.7 Å². The third kappa shape index (κ3) is 28.8. The summed E-state index contributed by atoms with van der Waals surface area (Å²) in [6, 6.07) is 5.10. The van der Waals surface area contributed by atoms with Gasteiger partial charge in [0.2, 0.25) is 17.7 Å². The van der Waals surface area contributed by atoms with Crippen molar-refractivity contribution >= 4 is 23.4 Å². The summed E-state index contributed by atoms with van der Waals surface area (Å²) in [6.07, 6.45) is -12.8. The standard InChI is InChI=1S/C45H83N5O20/c1-30(2)39(46)45(64)49-33(44(63)48-32-8-6-31(27-51)7-9-32)5-3-4-11-47-38(58)10-13-65-15-17-67-19-21-69-23-24-70-22-20-68-18-16-66-14-12-50(25-34(54)40(59)42(61)36(56)28-52)26-35(55)41(60)43(62)37(57)29-53/h6-9,30,33-37,39-43,51-57,59-62H,3-5,10-29,46H2,1-2H3,(H,47,58)(H,48,63)(H,49,64)/t33-,34-,35-,36+,37+,39-,40+,41+,42+,43+/m0/s1. The Morgan fingerprint density at radius 2 is 1.01 bits per heavy atom. The lowest BCUT2D eigenvalue weighted by molar-refractivity contribution is -0.131. The summed E-state index contributed by atoms with van der Waals surface area (Å²) in [4.78, 5) is 39.3. The molecule has 0 heterocycles. The van der Waals surface area contributed by atoms with Gasteiger partial charge in [-0.05, 0) is 42.9 Å². The van der Waals surface area contributed by atoms with Crippen LogP contribution in [0.2, 0.25) is 0 Å². The van der Waals surface area contributed by atoms with Gasteiger partial charge in [0, 0.05) is 38.3 Å². The van der Waals surface area contributed by atoms with Crippen LogP contribution in [0.5, 0.6) is 0 Å². The number of nitrogens with two attached hydrogens (primary N) is 1. The molecule has 1 aromatic rings. The molecule has 3 amide bonds. The largest absolute Gasteiger partial charge is 0.394 e. The lowest BCUT2D eigenvalue weighted by Gasteiger charge is -2.33. The van der Waals surface area contributed by atoms with Crippen molar-refractivity contribution in [1.82, 2.24) is 15.5 Å². The van der Waals surface area contributed by atoms with Crippen LogP contribution in [-0.4, -0.2) is 258 Å². The maximum Gasteiger partial charge on any atom is 0.246 e. The third-order valence-corrected chi connectivity index (χ3v) is 10.7. The van der Waals surface area contributed by atoms with Gasteiger partial charge in [0.25, 0.3) is 0 Å². The molecule has 25 heteroatoms. The highest BCUT2D eigenvalue weighted by molar-refractivity contribution is 5.97. The summed E-state index contributed by atoms with van der Waals surface area (Å²) in [5.74, 6) is -1.12. The summed E-state index contributed by atoms with van der Waals surface area (Å²) < 4.78 is 32.9. The van der Waals surface area contributed by atoms with E-state index in [1.54, 1.807) is 24.3 Å². The Hall–Kier alpha value is -3.13. The van der Waals surface area contributed by atoms with E-state index in [-0.39, 0.29) is 71.0 Å². The SMILES string of the molecule is CC(C)[C@H](N)C(=O)N[C@@H](CCCCNC(=O)CCOCCOCCOCCOCCOCCOCCN(C[C@H](O)[C@@H](O)[C@H](O)[C@H](O)CO)C[C@H](O)[C@@H](O)[C@H](O)[C@H](O)CO)C(=O)Nc1ccc(CO)cc1. The van der Waals surface area contributed by atoms with Gasteiger partial charge in [0.15, 0.2) is 0 Å². The second-order valence-electron chi connectivity index (χ2n) is 16.8. The molecule has 0 saturated carbocycles. The Morgan fingerprint density at radius 3 is 1.44 bits per heavy atom. The normalized spacial score (nSPS) is 16.2. The predicted molar refractivity (Wildman–Crippen MR) is 251 cm³/mol. The molecule has 0 unspecified atom stereocenters. The van der Waals surface area contributed by atoms with E-state index < -0.39 is 99.0 Å². The molecule has 0 aliphatic heterocycles. The van der Waals surface area contributed by atoms with Crippen LogP contribution < -0.4 is 21.7 Å². The lowest BCUT2D eigenvalue weighted by atomic mass is 10.0. The van der Waals surface area contributed by atoms with E-state index in [2.05, 4.69) is 16.0 Å². The fraction of sp³-hybridized carbons (Fsp3) is 0.800. The minimum Gasteiger partial charge on any atom is -0.394 e. The minimum absolute atomic E-state index is 0.0100. The molecule has 70 heavy (non-hydrogen) atoms. The molecule has 408 valence electrons. The van der Waals surface area contributed by atoms with Gasteiger partial charge in [-0.15, -0.1) is 0 Å². The Balaban J connectivity index is 2.15. The minimum atomic E-state index is -1.89. The zero-order valence-electron chi connectivity index (χ0n) is 40.5. The van der Waals surface area contributed by atoms with Crippen LogP contribution in [0.3, 0.4) is 0 Å². The van der Waals surface area contributed by atoms with Crippen LogP contribution in [0.15, 0.2) is 24.3 Å². The van der Waals surface area contributed by atoms with Gasteiger partial charge in [-0.25, -0.2) is 0 Å². The Kier molecular flexibility index (Phi) is 36.5. The van der Waals surface area contributed by atoms with E-state index in [4.69, 9.17) is 44.4 Å². The summed E-state index contributed by atoms with van der Waals surface area (Å²) in [5, 5.41) is 116. The van der Waals surface area contributed by atoms with Gasteiger partial charge < -0.3 is 106 Å². The zero-order valence-corrected chi connectivity index (χ0v) is 40.5. The molecule has 10 atom stereocenters. The van der Waals surface area contributed by atoms with Crippen LogP contribution in [0.25, 0.3) is 0 Å². The first-order valence-corrected chi connectivity index (χ1v) is 23.7. The number of unbranched alkanes of at least 4 members (excludes halogenated alkanes) is 1. The third-order valence-electron chi connectivity index (χ3n) is 10.7. The first-order valence-electron chi connectivity index (χ1n) is 23.7. The monoisotopic (exact) mass is 1010 g/mol. The van der Waals surface area contributed by atoms with Gasteiger partial charge in [0.1, 0.15) is 42.7 Å². The van der Waals surface area contributed by atoms with Gasteiger partial charge in [0.05, 0.1) is 117 Å². The number of rotatable bonds is 44. The van der Waals surface area contributed by atoms with Gasteiger partial charge in [-0.2, -0.15) is 0 Å². The Bertz CT molecular complexity index is 1460. The molecule has 1 aromatic carbocycles. The van der Waals surface area contributed by atoms with Gasteiger partial charge in [-0.1, -0.05) is 26.0 Å². The quantitative estimate of drug-likeness (QED) is 0.0271. The Morgan fingerprint density at radius 1 is 0.586 bits per heavy atom. The van der Waals surface area contributed by atoms with Crippen molar-refractivity contribution in [3.05, 3.63) is 29.8 Å². The zero-order chi connectivity index (χ0) is 52.3. The highest BCUT2D eigenvalue weighted by Crippen LogP contribution is 2.13. The number of anilines is 1. The van der Waals surface area contributed by atoms with Crippen molar-refractivity contribution in [3.63, 3.8) is 0 Å². The number of hydrogen-bond acceptors (Lipinski definition) is 22. The predicted octanol–water partition coefficient (Wildman–Crippen LogP) is -5.46. The number of ether oxygens (including phenoxy) is 6. The molecule has 16 N–H and O–H groups in total. The number of aliphatic hydroxyl groups is 11. The molecular formula is C45H83N5O20. The van der Waals surface area contributed by atoms with Crippen LogP contribution in [0, 0.1) is 5.92 Å². The number of benzene rings is 1. The van der Waals surface area contributed by atoms with Crippen molar-refractivity contribution in [3.8, 4) is 0 Å². The van der Waals surface area contributed by atoms with Gasteiger partial charge in [-0.3, -0.25) is 19.3 Å². The first kappa shape index (κ1) is 64.9. The molecule has 0 aromatic heterocycles. The maximum absolute atomic E-state index is 13.1. The molecule has 0 bridgehead atoms. The number of nitrogens with zero attached hydrogens (tertiary/aromatic N) is 1. The Labute approximate surface area is 409 Å². The second kappa shape index (κ2) is 39.4. The summed E-state index contributed by atoms with van der Waals surface area (Å²) in [5.41, 5.74) is 7.21. The summed E-state index contributed by atoms with van der Waals surface area (Å²) in [6.45, 7) is 4.39. The van der Waals surface area contributed by atoms with Crippen molar-refractivity contribution in [2.45, 2.75) is 107 Å². The number of nitrogens with one attached hydrogen (secondary N) is 3. The van der Waals surface area contributed by atoms with Gasteiger partial charge >= 0.3 is 0 Å². The number of aliphatic hydroxyl groups excluding tert-OH is 11. The number of carbonyl (C=O) groups is 3. The number of amides is 3. The smallest absolute Gasteiger partial charge is 0.246 e. The average molecular weight is 1010 g/mol. The van der Waals surface area contributed by atoms with Crippen LogP contribution >= 0.6 is 0 Å². The second-order valence-corrected chi connectivity index (χ2v) is 16.8. The maximum atomic E-state index is 13.1. The molecule has 0 radical (unpaired) electrons. The molecule has 0 aliphatic rings. The fourth-order valence-electron chi connectivity index (χ4n) is 6.24. The van der Waals surface area contributed by atoms with Crippen molar-refractivity contribution in [1.29, 1.82) is 0 Å². The summed E-state index contributed by atoms with van der Waals surface area (Å²) >= 11 is 0. The van der Waals surface area contributed by atoms with E-state index in [9.17, 15) is 60.3 Å². The first-order chi connectivity index (χ1) is 33.5. The summed E-state index contributed by atoms with van der Waals surface area (Å²) in [7, 11) is 0. The molecule has 0 saturated heterocycles. The molecule has 0 fully saturated rings.